The Labute approximate surface area is 288 Å². The third kappa shape index (κ3) is 22.8. The minimum absolute atomic E-state index is 1.22. The molecule has 0 fully saturated rings. The summed E-state index contributed by atoms with van der Waals surface area (Å²) >= 11 is 0. The highest BCUT2D eigenvalue weighted by atomic mass is 14.9. The van der Waals surface area contributed by atoms with Crippen LogP contribution < -0.4 is 4.57 Å². The van der Waals surface area contributed by atoms with E-state index in [-0.39, 0.29) is 0 Å². The fourth-order valence-corrected chi connectivity index (χ4v) is 7.13. The Balaban J connectivity index is 1.55. The number of pyridine rings is 1. The highest BCUT2D eigenvalue weighted by Crippen LogP contribution is 2.17. The van der Waals surface area contributed by atoms with Crippen LogP contribution in [0.3, 0.4) is 0 Å². The Bertz CT molecular complexity index is 850. The molecule has 0 atom stereocenters. The molecule has 0 spiro atoms. The van der Waals surface area contributed by atoms with E-state index in [1.54, 1.807) is 0 Å². The van der Waals surface area contributed by atoms with Crippen LogP contribution in [0.2, 0.25) is 0 Å². The zero-order chi connectivity index (χ0) is 32.6. The average Bonchev–Trinajstić information content (AvgIpc) is 3.08. The van der Waals surface area contributed by atoms with Gasteiger partial charge in [-0.3, -0.25) is 0 Å². The molecule has 1 aromatic carbocycles. The summed E-state index contributed by atoms with van der Waals surface area (Å²) in [5.41, 5.74) is 4.34. The fraction of sp³-hybridized carbons (Fsp3) is 0.756. The summed E-state index contributed by atoms with van der Waals surface area (Å²) < 4.78 is 2.39. The van der Waals surface area contributed by atoms with Crippen molar-refractivity contribution in [3.8, 4) is 5.69 Å². The Morgan fingerprint density at radius 2 is 0.630 bits per heavy atom. The molecule has 0 radical (unpaired) electrons. The molecule has 2 rings (SSSR count). The van der Waals surface area contributed by atoms with Gasteiger partial charge in [-0.2, -0.15) is 4.57 Å². The van der Waals surface area contributed by atoms with Crippen LogP contribution >= 0.6 is 0 Å². The van der Waals surface area contributed by atoms with Gasteiger partial charge in [-0.15, -0.1) is 0 Å². The lowest BCUT2D eigenvalue weighted by Gasteiger charge is -2.07. The molecule has 0 N–H and O–H groups in total. The topological polar surface area (TPSA) is 3.88 Å². The lowest BCUT2D eigenvalue weighted by atomic mass is 10.0. The van der Waals surface area contributed by atoms with Crippen LogP contribution in [-0.4, -0.2) is 0 Å². The minimum Gasteiger partial charge on any atom is -0.167 e. The van der Waals surface area contributed by atoms with Gasteiger partial charge >= 0.3 is 0 Å². The molecule has 0 bridgehead atoms. The van der Waals surface area contributed by atoms with Crippen molar-refractivity contribution in [2.75, 3.05) is 0 Å². The maximum absolute atomic E-state index is 2.52. The van der Waals surface area contributed by atoms with Crippen molar-refractivity contribution >= 4 is 0 Å². The Morgan fingerprint density at radius 1 is 0.348 bits per heavy atom. The smallest absolute Gasteiger partial charge is 0.167 e. The second kappa shape index (κ2) is 30.7. The average molecular weight is 633 g/mol. The number of aromatic nitrogens is 1. The van der Waals surface area contributed by atoms with Crippen molar-refractivity contribution in [3.63, 3.8) is 0 Å². The van der Waals surface area contributed by atoms with E-state index in [9.17, 15) is 0 Å². The largest absolute Gasteiger partial charge is 0.210 e. The molecule has 0 aliphatic heterocycles. The predicted molar refractivity (Wildman–Crippen MR) is 205 cm³/mol. The second-order valence-electron chi connectivity index (χ2n) is 14.7. The number of hydrogen-bond acceptors (Lipinski definition) is 0. The van der Waals surface area contributed by atoms with Gasteiger partial charge < -0.3 is 0 Å². The van der Waals surface area contributed by atoms with Gasteiger partial charge in [0.05, 0.1) is 0 Å². The summed E-state index contributed by atoms with van der Waals surface area (Å²) in [7, 11) is 0. The molecule has 0 unspecified atom stereocenters. The Morgan fingerprint density at radius 3 is 0.935 bits per heavy atom. The van der Waals surface area contributed by atoms with Crippen molar-refractivity contribution in [1.29, 1.82) is 0 Å². The number of para-hydroxylation sites is 1. The van der Waals surface area contributed by atoms with Crippen molar-refractivity contribution in [1.82, 2.24) is 0 Å². The number of aryl methyl sites for hydroxylation is 2. The number of unbranched alkanes of at least 4 members (excludes halogenated alkanes) is 28. The number of nitrogens with zero attached hydrogens (tertiary/aromatic N) is 1. The minimum atomic E-state index is 1.22. The molecule has 1 heterocycles. The first-order valence-corrected chi connectivity index (χ1v) is 20.9. The summed E-state index contributed by atoms with van der Waals surface area (Å²) in [5.74, 6) is 0. The van der Waals surface area contributed by atoms with E-state index in [1.807, 2.05) is 0 Å². The first-order chi connectivity index (χ1) is 22.8. The third-order valence-corrected chi connectivity index (χ3v) is 10.2. The molecule has 0 aliphatic carbocycles. The van der Waals surface area contributed by atoms with Crippen LogP contribution in [0.5, 0.6) is 0 Å². The SMILES string of the molecule is CCCCCCCCCCCCCCCCCc1cc(CCCCCCCCCCCCCCCCC)c[n+](-c2ccccc2)c1. The van der Waals surface area contributed by atoms with Crippen LogP contribution in [0.4, 0.5) is 0 Å². The van der Waals surface area contributed by atoms with Gasteiger partial charge in [0.25, 0.3) is 0 Å². The Kier molecular flexibility index (Phi) is 27.0. The first-order valence-electron chi connectivity index (χ1n) is 20.9. The van der Waals surface area contributed by atoms with Gasteiger partial charge in [0.2, 0.25) is 5.69 Å². The molecular formula is C45H78N+. The van der Waals surface area contributed by atoms with Crippen LogP contribution in [0.25, 0.3) is 5.69 Å². The van der Waals surface area contributed by atoms with Crippen LogP contribution in [-0.2, 0) is 12.8 Å². The van der Waals surface area contributed by atoms with E-state index < -0.39 is 0 Å². The van der Waals surface area contributed by atoms with Gasteiger partial charge in [-0.1, -0.05) is 212 Å². The van der Waals surface area contributed by atoms with E-state index >= 15 is 0 Å². The van der Waals surface area contributed by atoms with Crippen molar-refractivity contribution in [3.05, 3.63) is 59.9 Å². The van der Waals surface area contributed by atoms with Gasteiger partial charge in [0.1, 0.15) is 0 Å². The van der Waals surface area contributed by atoms with Gasteiger partial charge in [0.15, 0.2) is 12.4 Å². The number of benzene rings is 1. The third-order valence-electron chi connectivity index (χ3n) is 10.2. The van der Waals surface area contributed by atoms with Crippen LogP contribution in [0, 0.1) is 0 Å². The molecular weight excluding hydrogens is 555 g/mol. The van der Waals surface area contributed by atoms with E-state index in [4.69, 9.17) is 0 Å². The van der Waals surface area contributed by atoms with Crippen LogP contribution in [0.15, 0.2) is 48.8 Å². The summed E-state index contributed by atoms with van der Waals surface area (Å²) in [6.07, 6.45) is 50.2. The first kappa shape index (κ1) is 40.5. The lowest BCUT2D eigenvalue weighted by molar-refractivity contribution is -0.596. The zero-order valence-electron chi connectivity index (χ0n) is 31.2. The monoisotopic (exact) mass is 633 g/mol. The molecule has 0 amide bonds. The molecule has 0 saturated heterocycles. The Hall–Kier alpha value is -1.63. The van der Waals surface area contributed by atoms with Gasteiger partial charge in [-0.05, 0) is 31.7 Å². The van der Waals surface area contributed by atoms with E-state index in [0.717, 1.165) is 0 Å². The summed E-state index contributed by atoms with van der Waals surface area (Å²) in [4.78, 5) is 0. The van der Waals surface area contributed by atoms with Crippen molar-refractivity contribution in [2.45, 2.75) is 219 Å². The maximum Gasteiger partial charge on any atom is 0.210 e. The van der Waals surface area contributed by atoms with Gasteiger partial charge in [0, 0.05) is 23.3 Å². The predicted octanol–water partition coefficient (Wildman–Crippen LogP) is 14.8. The van der Waals surface area contributed by atoms with E-state index in [0.29, 0.717) is 0 Å². The quantitative estimate of drug-likeness (QED) is 0.0544. The van der Waals surface area contributed by atoms with Crippen molar-refractivity contribution in [2.24, 2.45) is 0 Å². The fourth-order valence-electron chi connectivity index (χ4n) is 7.13. The molecule has 1 aromatic heterocycles. The summed E-state index contributed by atoms with van der Waals surface area (Å²) in [6, 6.07) is 13.5. The standard InChI is InChI=1S/C45H78N/c1-3-5-7-9-11-13-15-17-19-21-23-25-27-29-32-36-43-40-44(42-46(41-43)45-38-34-31-35-39-45)37-33-30-28-26-24-22-20-18-16-14-12-10-8-6-4-2/h31,34-35,38-42H,3-30,32-33,36-37H2,1-2H3/q+1. The highest BCUT2D eigenvalue weighted by molar-refractivity contribution is 5.24. The van der Waals surface area contributed by atoms with Crippen LogP contribution in [0.1, 0.15) is 218 Å². The molecule has 0 saturated carbocycles. The lowest BCUT2D eigenvalue weighted by Crippen LogP contribution is -2.31. The molecule has 0 aliphatic rings. The molecule has 2 aromatic rings. The highest BCUT2D eigenvalue weighted by Gasteiger charge is 2.11. The van der Waals surface area contributed by atoms with Gasteiger partial charge in [-0.25, -0.2) is 0 Å². The van der Waals surface area contributed by atoms with E-state index in [1.165, 1.54) is 222 Å². The van der Waals surface area contributed by atoms with E-state index in [2.05, 4.69) is 67.2 Å². The second-order valence-corrected chi connectivity index (χ2v) is 14.7. The maximum atomic E-state index is 2.52. The number of rotatable bonds is 33. The summed E-state index contributed by atoms with van der Waals surface area (Å²) in [5, 5.41) is 0. The normalized spacial score (nSPS) is 11.4. The van der Waals surface area contributed by atoms with Crippen molar-refractivity contribution < 1.29 is 4.57 Å². The molecule has 1 nitrogen and oxygen atoms in total. The molecule has 46 heavy (non-hydrogen) atoms. The summed E-state index contributed by atoms with van der Waals surface area (Å²) in [6.45, 7) is 4.61. The number of hydrogen-bond donors (Lipinski definition) is 0. The molecule has 1 heteroatoms. The zero-order valence-corrected chi connectivity index (χ0v) is 31.2. The molecule has 262 valence electrons.